The molecule has 5 heteroatoms. The van der Waals surface area contributed by atoms with Gasteiger partial charge in [-0.2, -0.15) is 5.26 Å². The Balaban J connectivity index is 1.85. The molecule has 0 saturated carbocycles. The summed E-state index contributed by atoms with van der Waals surface area (Å²) < 4.78 is 0. The Bertz CT molecular complexity index is 845. The van der Waals surface area contributed by atoms with Gasteiger partial charge >= 0.3 is 0 Å². The van der Waals surface area contributed by atoms with E-state index in [9.17, 15) is 0 Å². The number of amidine groups is 1. The predicted octanol–water partition coefficient (Wildman–Crippen LogP) is 4.66. The highest BCUT2D eigenvalue weighted by molar-refractivity contribution is 8.13. The second kappa shape index (κ2) is 8.59. The number of nitrogens with two attached hydrogens (primary N) is 1. The van der Waals surface area contributed by atoms with Crippen molar-refractivity contribution in [2.45, 2.75) is 25.8 Å². The van der Waals surface area contributed by atoms with Crippen LogP contribution in [0.3, 0.4) is 0 Å². The van der Waals surface area contributed by atoms with E-state index in [-0.39, 0.29) is 6.04 Å². The summed E-state index contributed by atoms with van der Waals surface area (Å²) in [6.45, 7) is 2.08. The lowest BCUT2D eigenvalue weighted by atomic mass is 10.0. The number of aryl methyl sites for hydroxylation is 1. The topological polar surface area (TPSA) is 74.2 Å². The summed E-state index contributed by atoms with van der Waals surface area (Å²) in [6.07, 6.45) is 3.58. The number of nitriles is 1. The number of nitrogen functional groups attached to an aromatic ring is 1. The van der Waals surface area contributed by atoms with Crippen LogP contribution < -0.4 is 11.1 Å². The highest BCUT2D eigenvalue weighted by Gasteiger charge is 2.18. The predicted molar refractivity (Wildman–Crippen MR) is 111 cm³/mol. The molecule has 0 aromatic heterocycles. The Morgan fingerprint density at radius 3 is 2.58 bits per heavy atom. The fourth-order valence-corrected chi connectivity index (χ4v) is 3.52. The van der Waals surface area contributed by atoms with Gasteiger partial charge in [0.05, 0.1) is 12.1 Å². The second-order valence-corrected chi connectivity index (χ2v) is 7.31. The van der Waals surface area contributed by atoms with Crippen LogP contribution in [0.25, 0.3) is 5.70 Å². The zero-order valence-electron chi connectivity index (χ0n) is 14.8. The molecular formula is C21H22N4S. The van der Waals surface area contributed by atoms with Crippen LogP contribution in [0.5, 0.6) is 0 Å². The molecule has 0 amide bonds. The molecule has 0 bridgehead atoms. The number of benzene rings is 2. The Morgan fingerprint density at radius 2 is 1.88 bits per heavy atom. The summed E-state index contributed by atoms with van der Waals surface area (Å²) in [5, 5.41) is 13.0. The molecule has 2 aromatic carbocycles. The first-order valence-electron chi connectivity index (χ1n) is 8.64. The average Bonchev–Trinajstić information content (AvgIpc) is 2.66. The molecule has 1 atom stereocenters. The number of anilines is 1. The number of aliphatic imine (C=N–C) groups is 1. The normalized spacial score (nSPS) is 16.2. The largest absolute Gasteiger partial charge is 0.399 e. The lowest BCUT2D eigenvalue weighted by Gasteiger charge is -2.22. The summed E-state index contributed by atoms with van der Waals surface area (Å²) in [5.41, 5.74) is 11.1. The summed E-state index contributed by atoms with van der Waals surface area (Å²) in [5.74, 6) is 0.870. The van der Waals surface area contributed by atoms with Crippen molar-refractivity contribution in [1.29, 1.82) is 5.26 Å². The smallest absolute Gasteiger partial charge is 0.161 e. The van der Waals surface area contributed by atoms with Crippen LogP contribution in [-0.2, 0) is 0 Å². The van der Waals surface area contributed by atoms with Crippen LogP contribution in [0.4, 0.5) is 5.69 Å². The van der Waals surface area contributed by atoms with Crippen molar-refractivity contribution >= 4 is 28.3 Å². The zero-order chi connectivity index (χ0) is 18.4. The Morgan fingerprint density at radius 1 is 1.15 bits per heavy atom. The summed E-state index contributed by atoms with van der Waals surface area (Å²) in [7, 11) is 0. The monoisotopic (exact) mass is 362 g/mol. The van der Waals surface area contributed by atoms with Crippen LogP contribution in [0.2, 0.25) is 0 Å². The van der Waals surface area contributed by atoms with Gasteiger partial charge in [-0.05, 0) is 42.7 Å². The molecule has 2 aromatic rings. The molecule has 0 saturated heterocycles. The molecular weight excluding hydrogens is 340 g/mol. The van der Waals surface area contributed by atoms with Gasteiger partial charge in [0.15, 0.2) is 5.17 Å². The number of rotatable bonds is 5. The third-order valence-electron chi connectivity index (χ3n) is 4.13. The van der Waals surface area contributed by atoms with E-state index in [0.29, 0.717) is 6.42 Å². The molecule has 1 heterocycles. The quantitative estimate of drug-likeness (QED) is 0.599. The van der Waals surface area contributed by atoms with Gasteiger partial charge in [-0.3, -0.25) is 0 Å². The lowest BCUT2D eigenvalue weighted by molar-refractivity contribution is 0.887. The summed E-state index contributed by atoms with van der Waals surface area (Å²) >= 11 is 1.66. The molecule has 1 aliphatic heterocycles. The molecule has 0 spiro atoms. The average molecular weight is 363 g/mol. The van der Waals surface area contributed by atoms with Gasteiger partial charge in [0.25, 0.3) is 0 Å². The Hall–Kier alpha value is -2.71. The van der Waals surface area contributed by atoms with Crippen molar-refractivity contribution in [2.24, 2.45) is 4.99 Å². The van der Waals surface area contributed by atoms with Crippen LogP contribution in [0.15, 0.2) is 59.6 Å². The van der Waals surface area contributed by atoms with Crippen LogP contribution in [-0.4, -0.2) is 10.9 Å². The summed E-state index contributed by atoms with van der Waals surface area (Å²) in [4.78, 5) is 4.86. The van der Waals surface area contributed by atoms with Crippen molar-refractivity contribution < 1.29 is 0 Å². The molecule has 4 nitrogen and oxygen atoms in total. The standard InChI is InChI=1S/C21H22N4S/c1-15-4-6-16(7-5-15)19-14-20(17-8-10-18(23)11-9-17)25-21(24-19)26-13-3-2-12-22/h4-11,14,19H,2-3,13,23H2,1H3,(H,24,25). The highest BCUT2D eigenvalue weighted by Crippen LogP contribution is 2.29. The van der Waals surface area contributed by atoms with Gasteiger partial charge in [0, 0.05) is 23.6 Å². The Labute approximate surface area is 158 Å². The van der Waals surface area contributed by atoms with Crippen molar-refractivity contribution in [3.8, 4) is 6.07 Å². The van der Waals surface area contributed by atoms with Gasteiger partial charge in [-0.15, -0.1) is 0 Å². The van der Waals surface area contributed by atoms with Gasteiger partial charge in [0.2, 0.25) is 0 Å². The van der Waals surface area contributed by atoms with Gasteiger partial charge in [-0.1, -0.05) is 53.7 Å². The number of nitrogens with one attached hydrogen (secondary N) is 1. The van der Waals surface area contributed by atoms with E-state index in [1.807, 2.05) is 24.3 Å². The van der Waals surface area contributed by atoms with Crippen molar-refractivity contribution in [3.05, 3.63) is 71.3 Å². The maximum Gasteiger partial charge on any atom is 0.161 e. The fraction of sp³-hybridized carbons (Fsp3) is 0.238. The van der Waals surface area contributed by atoms with Gasteiger partial charge in [0.1, 0.15) is 0 Å². The molecule has 26 heavy (non-hydrogen) atoms. The van der Waals surface area contributed by atoms with Gasteiger partial charge in [-0.25, -0.2) is 4.99 Å². The molecule has 3 rings (SSSR count). The number of thioether (sulfide) groups is 1. The molecule has 0 radical (unpaired) electrons. The van der Waals surface area contributed by atoms with Crippen molar-refractivity contribution in [3.63, 3.8) is 0 Å². The maximum atomic E-state index is 8.71. The fourth-order valence-electron chi connectivity index (χ4n) is 2.67. The van der Waals surface area contributed by atoms with Gasteiger partial charge < -0.3 is 11.1 Å². The van der Waals surface area contributed by atoms with Crippen LogP contribution in [0.1, 0.15) is 35.6 Å². The third kappa shape index (κ3) is 4.68. The molecule has 1 unspecified atom stereocenters. The highest BCUT2D eigenvalue weighted by atomic mass is 32.2. The SMILES string of the molecule is Cc1ccc(C2C=C(c3ccc(N)cc3)NC(SCCCC#N)=N2)cc1. The minimum absolute atomic E-state index is 0.0251. The number of hydrogen-bond donors (Lipinski definition) is 2. The van der Waals surface area contributed by atoms with Crippen molar-refractivity contribution in [2.75, 3.05) is 11.5 Å². The molecule has 3 N–H and O–H groups in total. The van der Waals surface area contributed by atoms with Crippen molar-refractivity contribution in [1.82, 2.24) is 5.32 Å². The lowest BCUT2D eigenvalue weighted by Crippen LogP contribution is -2.24. The van der Waals surface area contributed by atoms with E-state index in [4.69, 9.17) is 16.0 Å². The van der Waals surface area contributed by atoms with Crippen LogP contribution in [0, 0.1) is 18.3 Å². The van der Waals surface area contributed by atoms with E-state index in [2.05, 4.69) is 48.7 Å². The number of nitrogens with zero attached hydrogens (tertiary/aromatic N) is 2. The van der Waals surface area contributed by atoms with Crippen LogP contribution >= 0.6 is 11.8 Å². The third-order valence-corrected chi connectivity index (χ3v) is 5.11. The second-order valence-electron chi connectivity index (χ2n) is 6.23. The first-order chi connectivity index (χ1) is 12.7. The minimum Gasteiger partial charge on any atom is -0.399 e. The first-order valence-corrected chi connectivity index (χ1v) is 9.63. The number of hydrogen-bond acceptors (Lipinski definition) is 5. The molecule has 1 aliphatic rings. The molecule has 0 aliphatic carbocycles. The Kier molecular flexibility index (Phi) is 5.98. The minimum atomic E-state index is -0.0251. The molecule has 0 fully saturated rings. The summed E-state index contributed by atoms with van der Waals surface area (Å²) in [6, 6.07) is 18.5. The van der Waals surface area contributed by atoms with E-state index in [1.165, 1.54) is 11.1 Å². The maximum absolute atomic E-state index is 8.71. The molecule has 132 valence electrons. The van der Waals surface area contributed by atoms with E-state index >= 15 is 0 Å². The first kappa shape index (κ1) is 18.1. The van der Waals surface area contributed by atoms with E-state index in [0.717, 1.165) is 34.3 Å². The van der Waals surface area contributed by atoms with E-state index < -0.39 is 0 Å². The number of unbranched alkanes of at least 4 members (excludes halogenated alkanes) is 1. The van der Waals surface area contributed by atoms with E-state index in [1.54, 1.807) is 11.8 Å². The zero-order valence-corrected chi connectivity index (χ0v) is 15.6.